The first-order valence-electron chi connectivity index (χ1n) is 10.4. The molecule has 1 aliphatic heterocycles. The molecule has 6 nitrogen and oxygen atoms in total. The summed E-state index contributed by atoms with van der Waals surface area (Å²) in [6.07, 6.45) is 8.00. The van der Waals surface area contributed by atoms with Gasteiger partial charge >= 0.3 is 0 Å². The molecule has 0 radical (unpaired) electrons. The molecule has 2 aliphatic rings. The molecule has 2 aromatic heterocycles. The first-order valence-corrected chi connectivity index (χ1v) is 10.4. The maximum Gasteiger partial charge on any atom is 0.255 e. The number of aryl methyl sites for hydroxylation is 1. The van der Waals surface area contributed by atoms with Gasteiger partial charge in [-0.1, -0.05) is 43.2 Å². The predicted molar refractivity (Wildman–Crippen MR) is 110 cm³/mol. The third kappa shape index (κ3) is 2.94. The minimum Gasteiger partial charge on any atom is -0.385 e. The molecule has 2 fully saturated rings. The Kier molecular flexibility index (Phi) is 4.39. The fourth-order valence-corrected chi connectivity index (χ4v) is 5.33. The Balaban J connectivity index is 1.48. The lowest BCUT2D eigenvalue weighted by Gasteiger charge is -2.52. The van der Waals surface area contributed by atoms with Gasteiger partial charge in [0.15, 0.2) is 0 Å². The summed E-state index contributed by atoms with van der Waals surface area (Å²) in [5.41, 5.74) is 2.34. The summed E-state index contributed by atoms with van der Waals surface area (Å²) in [5, 5.41) is 15.9. The topological polar surface area (TPSA) is 71.2 Å². The number of hydrogen-bond acceptors (Lipinski definition) is 4. The van der Waals surface area contributed by atoms with E-state index in [4.69, 9.17) is 0 Å². The number of hydrogen-bond donors (Lipinski definition) is 1. The van der Waals surface area contributed by atoms with Crippen LogP contribution in [0.2, 0.25) is 0 Å². The maximum atomic E-state index is 13.5. The Hall–Kier alpha value is -2.73. The Morgan fingerprint density at radius 1 is 1.17 bits per heavy atom. The number of carbonyl (C=O) groups is 1. The lowest BCUT2D eigenvalue weighted by atomic mass is 9.66. The average molecular weight is 390 g/mol. The van der Waals surface area contributed by atoms with Gasteiger partial charge in [-0.15, -0.1) is 0 Å². The molecular formula is C23H26N4O2. The van der Waals surface area contributed by atoms with Gasteiger partial charge in [0.1, 0.15) is 5.52 Å². The Labute approximate surface area is 170 Å². The third-order valence-corrected chi connectivity index (χ3v) is 6.86. The van der Waals surface area contributed by atoms with Crippen molar-refractivity contribution in [1.29, 1.82) is 0 Å². The fraction of sp³-hybridized carbons (Fsp3) is 0.435. The van der Waals surface area contributed by atoms with Crippen molar-refractivity contribution in [3.63, 3.8) is 0 Å². The number of nitrogens with zero attached hydrogens (tertiary/aromatic N) is 4. The highest BCUT2D eigenvalue weighted by Gasteiger charge is 2.50. The van der Waals surface area contributed by atoms with Gasteiger partial charge in [0, 0.05) is 31.7 Å². The van der Waals surface area contributed by atoms with Crippen molar-refractivity contribution < 1.29 is 9.90 Å². The van der Waals surface area contributed by atoms with Crippen LogP contribution in [0.15, 0.2) is 48.8 Å². The molecule has 0 bridgehead atoms. The van der Waals surface area contributed by atoms with Crippen molar-refractivity contribution in [2.45, 2.75) is 43.7 Å². The lowest BCUT2D eigenvalue weighted by Crippen LogP contribution is -2.59. The molecule has 5 rings (SSSR count). The highest BCUT2D eigenvalue weighted by Crippen LogP contribution is 2.47. The molecule has 3 atom stereocenters. The van der Waals surface area contributed by atoms with E-state index in [2.05, 4.69) is 10.1 Å². The van der Waals surface area contributed by atoms with E-state index in [9.17, 15) is 9.90 Å². The first-order chi connectivity index (χ1) is 14.1. The molecule has 1 amide bonds. The number of pyridine rings is 1. The van der Waals surface area contributed by atoms with E-state index < -0.39 is 5.60 Å². The maximum absolute atomic E-state index is 13.5. The van der Waals surface area contributed by atoms with Gasteiger partial charge < -0.3 is 10.0 Å². The number of amides is 1. The van der Waals surface area contributed by atoms with E-state index in [0.29, 0.717) is 18.5 Å². The summed E-state index contributed by atoms with van der Waals surface area (Å²) in [7, 11) is 1.86. The molecule has 1 aliphatic carbocycles. The van der Waals surface area contributed by atoms with Crippen molar-refractivity contribution in [2.75, 3.05) is 6.54 Å². The largest absolute Gasteiger partial charge is 0.385 e. The second kappa shape index (κ2) is 6.95. The fourth-order valence-electron chi connectivity index (χ4n) is 5.33. The Bertz CT molecular complexity index is 1050. The molecule has 1 saturated heterocycles. The van der Waals surface area contributed by atoms with Gasteiger partial charge in [-0.25, -0.2) is 0 Å². The molecule has 3 heterocycles. The molecule has 1 aromatic carbocycles. The van der Waals surface area contributed by atoms with Crippen molar-refractivity contribution in [1.82, 2.24) is 19.7 Å². The van der Waals surface area contributed by atoms with E-state index in [-0.39, 0.29) is 17.9 Å². The molecule has 1 saturated carbocycles. The summed E-state index contributed by atoms with van der Waals surface area (Å²) in [4.78, 5) is 19.9. The van der Waals surface area contributed by atoms with Gasteiger partial charge in [0.05, 0.1) is 22.9 Å². The minimum atomic E-state index is -0.868. The summed E-state index contributed by atoms with van der Waals surface area (Å²) in [6.45, 7) is 0.550. The standard InChI is InChI=1S/C23H26N4O2/c1-26-21-13-16(14-24-19(21)15-25-26)22(28)27-12-11-23(29,17-7-3-2-4-8-17)18-9-5-6-10-20(18)27/h2-4,7-8,13-15,18,20,29H,5-6,9-12H2,1H3/t18-,20+,23+/m0/s1. The van der Waals surface area contributed by atoms with Gasteiger partial charge in [-0.3, -0.25) is 14.5 Å². The zero-order valence-corrected chi connectivity index (χ0v) is 16.7. The van der Waals surface area contributed by atoms with Crippen LogP contribution in [0.3, 0.4) is 0 Å². The number of benzene rings is 1. The monoisotopic (exact) mass is 390 g/mol. The molecule has 150 valence electrons. The van der Waals surface area contributed by atoms with Crippen LogP contribution in [0.1, 0.15) is 48.0 Å². The van der Waals surface area contributed by atoms with Crippen LogP contribution in [0, 0.1) is 5.92 Å². The van der Waals surface area contributed by atoms with E-state index in [1.165, 1.54) is 0 Å². The molecular weight excluding hydrogens is 364 g/mol. The van der Waals surface area contributed by atoms with Crippen molar-refractivity contribution >= 4 is 16.9 Å². The smallest absolute Gasteiger partial charge is 0.255 e. The Morgan fingerprint density at radius 3 is 2.79 bits per heavy atom. The highest BCUT2D eigenvalue weighted by molar-refractivity contribution is 5.97. The normalized spacial score (nSPS) is 27.0. The number of piperidine rings is 1. The van der Waals surface area contributed by atoms with Gasteiger partial charge in [-0.05, 0) is 30.9 Å². The second-order valence-electron chi connectivity index (χ2n) is 8.39. The van der Waals surface area contributed by atoms with E-state index in [1.807, 2.05) is 48.3 Å². The number of likely N-dealkylation sites (tertiary alicyclic amines) is 1. The zero-order valence-electron chi connectivity index (χ0n) is 16.7. The van der Waals surface area contributed by atoms with E-state index >= 15 is 0 Å². The number of rotatable bonds is 2. The molecule has 0 spiro atoms. The van der Waals surface area contributed by atoms with E-state index in [1.54, 1.807) is 17.1 Å². The minimum absolute atomic E-state index is 0.00705. The lowest BCUT2D eigenvalue weighted by molar-refractivity contribution is -0.110. The molecule has 6 heteroatoms. The molecule has 0 unspecified atom stereocenters. The number of carbonyl (C=O) groups excluding carboxylic acids is 1. The number of aromatic nitrogens is 3. The third-order valence-electron chi connectivity index (χ3n) is 6.86. The molecule has 1 N–H and O–H groups in total. The predicted octanol–water partition coefficient (Wildman–Crippen LogP) is 3.26. The quantitative estimate of drug-likeness (QED) is 0.729. The summed E-state index contributed by atoms with van der Waals surface area (Å²) in [5.74, 6) is 0.0670. The molecule has 29 heavy (non-hydrogen) atoms. The zero-order chi connectivity index (χ0) is 20.0. The SMILES string of the molecule is Cn1ncc2ncc(C(=O)N3CC[C@@](O)(c4ccccc4)[C@H]4CCCC[C@H]43)cc21. The van der Waals surface area contributed by atoms with Crippen LogP contribution in [-0.4, -0.2) is 43.3 Å². The van der Waals surface area contributed by atoms with Crippen molar-refractivity contribution in [3.8, 4) is 0 Å². The summed E-state index contributed by atoms with van der Waals surface area (Å²) < 4.78 is 1.74. The highest BCUT2D eigenvalue weighted by atomic mass is 16.3. The van der Waals surface area contributed by atoms with Crippen LogP contribution < -0.4 is 0 Å². The average Bonchev–Trinajstić information content (AvgIpc) is 3.14. The van der Waals surface area contributed by atoms with Crippen molar-refractivity contribution in [3.05, 3.63) is 59.9 Å². The van der Waals surface area contributed by atoms with E-state index in [0.717, 1.165) is 42.3 Å². The van der Waals surface area contributed by atoms with Crippen LogP contribution in [0.5, 0.6) is 0 Å². The number of aliphatic hydroxyl groups is 1. The Morgan fingerprint density at radius 2 is 1.97 bits per heavy atom. The molecule has 3 aromatic rings. The van der Waals surface area contributed by atoms with Gasteiger partial charge in [0.25, 0.3) is 5.91 Å². The van der Waals surface area contributed by atoms with Crippen LogP contribution >= 0.6 is 0 Å². The number of fused-ring (bicyclic) bond motifs is 2. The van der Waals surface area contributed by atoms with Crippen LogP contribution in [-0.2, 0) is 12.6 Å². The van der Waals surface area contributed by atoms with Gasteiger partial charge in [0.2, 0.25) is 0 Å². The van der Waals surface area contributed by atoms with Gasteiger partial charge in [-0.2, -0.15) is 5.10 Å². The first kappa shape index (κ1) is 18.3. The van der Waals surface area contributed by atoms with Crippen LogP contribution in [0.25, 0.3) is 11.0 Å². The van der Waals surface area contributed by atoms with Crippen LogP contribution in [0.4, 0.5) is 0 Å². The summed E-state index contributed by atoms with van der Waals surface area (Å²) >= 11 is 0. The summed E-state index contributed by atoms with van der Waals surface area (Å²) in [6, 6.07) is 11.9. The second-order valence-corrected chi connectivity index (χ2v) is 8.39. The van der Waals surface area contributed by atoms with Crippen molar-refractivity contribution in [2.24, 2.45) is 13.0 Å².